The van der Waals surface area contributed by atoms with Gasteiger partial charge in [-0.05, 0) is 51.9 Å². The van der Waals surface area contributed by atoms with Gasteiger partial charge in [-0.2, -0.15) is 0 Å². The Kier molecular flexibility index (Phi) is 4.85. The molecule has 0 fully saturated rings. The van der Waals surface area contributed by atoms with Crippen molar-refractivity contribution >= 4 is 53.1 Å². The van der Waals surface area contributed by atoms with Crippen molar-refractivity contribution in [1.82, 2.24) is 4.98 Å². The van der Waals surface area contributed by atoms with Gasteiger partial charge in [-0.25, -0.2) is 13.4 Å². The van der Waals surface area contributed by atoms with Crippen LogP contribution in [0, 0.1) is 0 Å². The molecule has 0 aliphatic carbocycles. The van der Waals surface area contributed by atoms with Crippen LogP contribution in [0.1, 0.15) is 0 Å². The molecular formula is C33H21NO2S. The molecule has 0 saturated carbocycles. The van der Waals surface area contributed by atoms with E-state index in [2.05, 4.69) is 60.7 Å². The number of hydrogen-bond acceptors (Lipinski definition) is 3. The van der Waals surface area contributed by atoms with E-state index in [0.29, 0.717) is 0 Å². The molecule has 176 valence electrons. The summed E-state index contributed by atoms with van der Waals surface area (Å²) >= 11 is 0. The molecule has 1 heterocycles. The Bertz CT molecular complexity index is 2080. The van der Waals surface area contributed by atoms with Gasteiger partial charge in [0.1, 0.15) is 0 Å². The molecular weight excluding hydrogens is 474 g/mol. The van der Waals surface area contributed by atoms with Crippen LogP contribution in [0.15, 0.2) is 137 Å². The van der Waals surface area contributed by atoms with Gasteiger partial charge in [0.2, 0.25) is 9.84 Å². The van der Waals surface area contributed by atoms with Gasteiger partial charge in [0.05, 0.1) is 21.0 Å². The number of fused-ring (bicyclic) bond motifs is 8. The molecule has 0 spiro atoms. The van der Waals surface area contributed by atoms with E-state index in [1.54, 1.807) is 36.4 Å². The van der Waals surface area contributed by atoms with Gasteiger partial charge >= 0.3 is 0 Å². The fourth-order valence-electron chi connectivity index (χ4n) is 5.36. The summed E-state index contributed by atoms with van der Waals surface area (Å²) in [5, 5.41) is 8.03. The van der Waals surface area contributed by atoms with Crippen LogP contribution in [0.3, 0.4) is 0 Å². The van der Waals surface area contributed by atoms with E-state index >= 15 is 0 Å². The third-order valence-corrected chi connectivity index (χ3v) is 8.85. The zero-order chi connectivity index (χ0) is 25.0. The first-order chi connectivity index (χ1) is 18.1. The summed E-state index contributed by atoms with van der Waals surface area (Å²) in [5.74, 6) is 0. The van der Waals surface area contributed by atoms with Gasteiger partial charge in [-0.1, -0.05) is 97.1 Å². The highest BCUT2D eigenvalue weighted by atomic mass is 32.2. The maximum Gasteiger partial charge on any atom is 0.206 e. The molecule has 0 bridgehead atoms. The lowest BCUT2D eigenvalue weighted by Crippen LogP contribution is -2.01. The van der Waals surface area contributed by atoms with Crippen molar-refractivity contribution in [3.05, 3.63) is 127 Å². The Morgan fingerprint density at radius 1 is 0.432 bits per heavy atom. The Morgan fingerprint density at radius 2 is 0.919 bits per heavy atom. The topological polar surface area (TPSA) is 47.0 Å². The van der Waals surface area contributed by atoms with Crippen molar-refractivity contribution in [3.63, 3.8) is 0 Å². The summed E-state index contributed by atoms with van der Waals surface area (Å²) in [6.45, 7) is 0. The van der Waals surface area contributed by atoms with E-state index in [9.17, 15) is 8.42 Å². The minimum atomic E-state index is -3.60. The van der Waals surface area contributed by atoms with E-state index in [0.717, 1.165) is 38.3 Å². The molecule has 4 heteroatoms. The minimum Gasteiger partial charge on any atom is -0.247 e. The fraction of sp³-hybridized carbons (Fsp3) is 0. The predicted molar refractivity (Wildman–Crippen MR) is 152 cm³/mol. The van der Waals surface area contributed by atoms with Crippen LogP contribution in [0.5, 0.6) is 0 Å². The standard InChI is InChI=1S/C33H21NO2S/c35-37(36,23-10-2-1-3-11-23)24-20-18-22(19-21-24)33-32-28-15-7-5-13-26(28)25-12-4-6-14-27(25)31(32)29-16-8-9-17-30(29)34-33/h1-21H. The zero-order valence-electron chi connectivity index (χ0n) is 19.8. The number of rotatable bonds is 3. The molecule has 7 aromatic rings. The predicted octanol–water partition coefficient (Wildman–Crippen LogP) is 8.19. The molecule has 0 aliphatic rings. The maximum atomic E-state index is 13.2. The number of para-hydroxylation sites is 1. The van der Waals surface area contributed by atoms with Gasteiger partial charge < -0.3 is 0 Å². The van der Waals surface area contributed by atoms with Crippen LogP contribution >= 0.6 is 0 Å². The number of hydrogen-bond donors (Lipinski definition) is 0. The molecule has 6 aromatic carbocycles. The Hall–Kier alpha value is -4.54. The SMILES string of the molecule is O=S(=O)(c1ccccc1)c1ccc(-c2nc3ccccc3c3c4ccccc4c4ccccc4c23)cc1. The van der Waals surface area contributed by atoms with Crippen LogP contribution < -0.4 is 0 Å². The molecule has 7 rings (SSSR count). The number of aromatic nitrogens is 1. The zero-order valence-corrected chi connectivity index (χ0v) is 20.6. The second-order valence-electron chi connectivity index (χ2n) is 9.16. The first-order valence-electron chi connectivity index (χ1n) is 12.2. The number of pyridine rings is 1. The molecule has 0 atom stereocenters. The Balaban J connectivity index is 1.56. The molecule has 0 unspecified atom stereocenters. The highest BCUT2D eigenvalue weighted by Gasteiger charge is 2.20. The average molecular weight is 496 g/mol. The summed E-state index contributed by atoms with van der Waals surface area (Å²) in [7, 11) is -3.60. The first-order valence-corrected chi connectivity index (χ1v) is 13.6. The molecule has 3 nitrogen and oxygen atoms in total. The molecule has 0 radical (unpaired) electrons. The minimum absolute atomic E-state index is 0.267. The third kappa shape index (κ3) is 3.34. The number of sulfone groups is 1. The summed E-state index contributed by atoms with van der Waals surface area (Å²) < 4.78 is 26.3. The van der Waals surface area contributed by atoms with E-state index < -0.39 is 9.84 Å². The monoisotopic (exact) mass is 495 g/mol. The summed E-state index contributed by atoms with van der Waals surface area (Å²) in [5.41, 5.74) is 2.63. The molecule has 0 aliphatic heterocycles. The van der Waals surface area contributed by atoms with Gasteiger partial charge in [0.25, 0.3) is 0 Å². The van der Waals surface area contributed by atoms with Crippen LogP contribution in [0.4, 0.5) is 0 Å². The van der Waals surface area contributed by atoms with E-state index in [-0.39, 0.29) is 9.79 Å². The third-order valence-electron chi connectivity index (χ3n) is 7.07. The quantitative estimate of drug-likeness (QED) is 0.232. The second-order valence-corrected chi connectivity index (χ2v) is 11.1. The van der Waals surface area contributed by atoms with Crippen LogP contribution in [0.25, 0.3) is 54.5 Å². The second kappa shape index (κ2) is 8.26. The molecule has 0 N–H and O–H groups in total. The van der Waals surface area contributed by atoms with E-state index in [4.69, 9.17) is 4.98 Å². The van der Waals surface area contributed by atoms with E-state index in [1.807, 2.05) is 30.3 Å². The van der Waals surface area contributed by atoms with Gasteiger partial charge in [-0.3, -0.25) is 0 Å². The van der Waals surface area contributed by atoms with Crippen molar-refractivity contribution in [3.8, 4) is 11.3 Å². The van der Waals surface area contributed by atoms with Crippen molar-refractivity contribution in [2.45, 2.75) is 9.79 Å². The summed E-state index contributed by atoms with van der Waals surface area (Å²) in [4.78, 5) is 5.68. The normalized spacial score (nSPS) is 12.0. The van der Waals surface area contributed by atoms with Crippen molar-refractivity contribution in [2.75, 3.05) is 0 Å². The van der Waals surface area contributed by atoms with Gasteiger partial charge in [0, 0.05) is 21.7 Å². The largest absolute Gasteiger partial charge is 0.247 e. The lowest BCUT2D eigenvalue weighted by molar-refractivity contribution is 0.596. The van der Waals surface area contributed by atoms with Crippen molar-refractivity contribution in [2.24, 2.45) is 0 Å². The average Bonchev–Trinajstić information content (AvgIpc) is 2.97. The molecule has 1 aromatic heterocycles. The lowest BCUT2D eigenvalue weighted by Gasteiger charge is -2.16. The van der Waals surface area contributed by atoms with Crippen LogP contribution in [-0.2, 0) is 9.84 Å². The van der Waals surface area contributed by atoms with Crippen molar-refractivity contribution in [1.29, 1.82) is 0 Å². The van der Waals surface area contributed by atoms with E-state index in [1.165, 1.54) is 16.2 Å². The summed E-state index contributed by atoms with van der Waals surface area (Å²) in [6, 6.07) is 40.8. The number of benzene rings is 6. The molecule has 37 heavy (non-hydrogen) atoms. The smallest absolute Gasteiger partial charge is 0.206 e. The maximum absolute atomic E-state index is 13.2. The molecule has 0 saturated heterocycles. The highest BCUT2D eigenvalue weighted by molar-refractivity contribution is 7.91. The first kappa shape index (κ1) is 21.7. The lowest BCUT2D eigenvalue weighted by atomic mass is 9.90. The highest BCUT2D eigenvalue weighted by Crippen LogP contribution is 2.42. The van der Waals surface area contributed by atoms with Gasteiger partial charge in [-0.15, -0.1) is 0 Å². The van der Waals surface area contributed by atoms with Crippen LogP contribution in [-0.4, -0.2) is 13.4 Å². The van der Waals surface area contributed by atoms with Gasteiger partial charge in [0.15, 0.2) is 0 Å². The Labute approximate surface area is 214 Å². The van der Waals surface area contributed by atoms with Crippen LogP contribution in [0.2, 0.25) is 0 Å². The number of nitrogens with zero attached hydrogens (tertiary/aromatic N) is 1. The fourth-order valence-corrected chi connectivity index (χ4v) is 6.64. The summed E-state index contributed by atoms with van der Waals surface area (Å²) in [6.07, 6.45) is 0. The Morgan fingerprint density at radius 3 is 1.57 bits per heavy atom. The molecule has 0 amide bonds. The van der Waals surface area contributed by atoms with Crippen molar-refractivity contribution < 1.29 is 8.42 Å².